The number of rotatable bonds is 6. The molecule has 0 spiro atoms. The summed E-state index contributed by atoms with van der Waals surface area (Å²) in [6.07, 6.45) is 6.53. The van der Waals surface area contributed by atoms with Crippen LogP contribution in [0.1, 0.15) is 6.92 Å². The molecule has 0 radical (unpaired) electrons. The Hall–Kier alpha value is -3.73. The predicted molar refractivity (Wildman–Crippen MR) is 107 cm³/mol. The molecule has 0 aliphatic carbocycles. The van der Waals surface area contributed by atoms with Gasteiger partial charge in [0.2, 0.25) is 0 Å². The number of hydrogen-bond donors (Lipinski definition) is 0. The van der Waals surface area contributed by atoms with E-state index in [1.165, 1.54) is 28.4 Å². The number of tetrazole rings is 1. The van der Waals surface area contributed by atoms with Crippen molar-refractivity contribution in [2.24, 2.45) is 0 Å². The van der Waals surface area contributed by atoms with Gasteiger partial charge in [0.05, 0.1) is 34.4 Å². The largest absolute Gasteiger partial charge is 0.486 e. The first-order valence-corrected chi connectivity index (χ1v) is 9.96. The molecule has 30 heavy (non-hydrogen) atoms. The van der Waals surface area contributed by atoms with Crippen molar-refractivity contribution in [3.8, 4) is 27.4 Å². The second-order valence-electron chi connectivity index (χ2n) is 6.61. The number of nitrogens with zero attached hydrogens (tertiary/aromatic N) is 8. The molecule has 1 atom stereocenters. The van der Waals surface area contributed by atoms with Gasteiger partial charge in [-0.05, 0) is 41.6 Å². The molecule has 1 aromatic carbocycles. The summed E-state index contributed by atoms with van der Waals surface area (Å²) in [5, 5.41) is 15.3. The molecule has 5 aromatic rings. The molecule has 11 heteroatoms. The summed E-state index contributed by atoms with van der Waals surface area (Å²) in [6, 6.07) is 6.53. The smallest absolute Gasteiger partial charge is 0.165 e. The van der Waals surface area contributed by atoms with E-state index in [1.54, 1.807) is 34.6 Å². The lowest BCUT2D eigenvalue weighted by molar-refractivity contribution is 0.185. The highest BCUT2D eigenvalue weighted by Gasteiger charge is 2.14. The third-order valence-electron chi connectivity index (χ3n) is 4.46. The van der Waals surface area contributed by atoms with Crippen LogP contribution in [0.5, 0.6) is 5.75 Å². The number of fused-ring (bicyclic) bond motifs is 1. The molecule has 4 aromatic heterocycles. The van der Waals surface area contributed by atoms with Gasteiger partial charge in [-0.3, -0.25) is 4.98 Å². The van der Waals surface area contributed by atoms with Crippen LogP contribution in [-0.4, -0.2) is 45.9 Å². The van der Waals surface area contributed by atoms with Crippen LogP contribution >= 0.6 is 11.3 Å². The molecule has 4 heterocycles. The van der Waals surface area contributed by atoms with E-state index in [4.69, 9.17) is 9.72 Å². The molecule has 0 amide bonds. The van der Waals surface area contributed by atoms with Gasteiger partial charge in [0.15, 0.2) is 17.2 Å². The van der Waals surface area contributed by atoms with Crippen molar-refractivity contribution >= 4 is 17.0 Å². The van der Waals surface area contributed by atoms with Gasteiger partial charge in [-0.2, -0.15) is 5.10 Å². The molecule has 0 bridgehead atoms. The van der Waals surface area contributed by atoms with Gasteiger partial charge in [0.1, 0.15) is 12.4 Å². The molecule has 9 nitrogen and oxygen atoms in total. The van der Waals surface area contributed by atoms with E-state index in [9.17, 15) is 4.39 Å². The Kier molecular flexibility index (Phi) is 4.64. The van der Waals surface area contributed by atoms with E-state index in [0.717, 1.165) is 16.0 Å². The summed E-state index contributed by atoms with van der Waals surface area (Å²) < 4.78 is 23.4. The summed E-state index contributed by atoms with van der Waals surface area (Å²) in [4.78, 5) is 9.85. The zero-order valence-electron chi connectivity index (χ0n) is 15.8. The van der Waals surface area contributed by atoms with Crippen LogP contribution < -0.4 is 4.74 Å². The van der Waals surface area contributed by atoms with Gasteiger partial charge < -0.3 is 4.74 Å². The fourth-order valence-corrected chi connectivity index (χ4v) is 3.71. The van der Waals surface area contributed by atoms with E-state index in [2.05, 4.69) is 25.6 Å². The second kappa shape index (κ2) is 7.59. The first-order chi connectivity index (χ1) is 14.7. The molecule has 0 N–H and O–H groups in total. The van der Waals surface area contributed by atoms with Gasteiger partial charge in [0.25, 0.3) is 0 Å². The Balaban J connectivity index is 1.46. The van der Waals surface area contributed by atoms with Gasteiger partial charge in [-0.15, -0.1) is 16.4 Å². The topological polar surface area (TPSA) is 95.9 Å². The Morgan fingerprint density at radius 1 is 1.23 bits per heavy atom. The van der Waals surface area contributed by atoms with Crippen LogP contribution in [0.15, 0.2) is 54.7 Å². The standard InChI is InChI=1S/C19H15FN8OS/c1-12(9-27-10-22-25-26-27)29-17-6-13(2-3-15(17)20)16-4-5-28-19(24-16)14(7-23-28)18-8-21-11-30-18/h2-8,10-12H,9H2,1H3/t12-/m0/s1. The van der Waals surface area contributed by atoms with Crippen LogP contribution in [0.2, 0.25) is 0 Å². The molecule has 0 aliphatic rings. The lowest BCUT2D eigenvalue weighted by Gasteiger charge is -2.15. The van der Waals surface area contributed by atoms with Crippen molar-refractivity contribution in [2.75, 3.05) is 0 Å². The van der Waals surface area contributed by atoms with Crippen molar-refractivity contribution in [1.82, 2.24) is 39.8 Å². The Morgan fingerprint density at radius 2 is 2.17 bits per heavy atom. The quantitative estimate of drug-likeness (QED) is 0.415. The highest BCUT2D eigenvalue weighted by atomic mass is 32.1. The van der Waals surface area contributed by atoms with Crippen molar-refractivity contribution in [3.63, 3.8) is 0 Å². The minimum Gasteiger partial charge on any atom is -0.486 e. The van der Waals surface area contributed by atoms with Crippen LogP contribution in [0.3, 0.4) is 0 Å². The average Bonchev–Trinajstić information content (AvgIpc) is 3.50. The van der Waals surface area contributed by atoms with Crippen LogP contribution in [-0.2, 0) is 6.54 Å². The second-order valence-corrected chi connectivity index (χ2v) is 7.50. The van der Waals surface area contributed by atoms with Crippen molar-refractivity contribution in [2.45, 2.75) is 19.6 Å². The number of thiazole rings is 1. The molecule has 0 fully saturated rings. The first-order valence-electron chi connectivity index (χ1n) is 9.08. The number of aromatic nitrogens is 8. The maximum absolute atomic E-state index is 14.4. The van der Waals surface area contributed by atoms with Gasteiger partial charge in [-0.25, -0.2) is 18.6 Å². The minimum absolute atomic E-state index is 0.144. The molecular formula is C19H15FN8OS. The van der Waals surface area contributed by atoms with Gasteiger partial charge in [0, 0.05) is 18.0 Å². The summed E-state index contributed by atoms with van der Waals surface area (Å²) >= 11 is 1.52. The first kappa shape index (κ1) is 18.3. The third-order valence-corrected chi connectivity index (χ3v) is 5.26. The van der Waals surface area contributed by atoms with Gasteiger partial charge in [-0.1, -0.05) is 0 Å². The molecule has 0 aliphatic heterocycles. The normalized spacial score (nSPS) is 12.3. The number of halogens is 1. The lowest BCUT2D eigenvalue weighted by atomic mass is 10.1. The van der Waals surface area contributed by atoms with E-state index in [1.807, 2.05) is 19.2 Å². The van der Waals surface area contributed by atoms with Crippen LogP contribution in [0, 0.1) is 5.82 Å². The Labute approximate surface area is 173 Å². The van der Waals surface area contributed by atoms with Crippen LogP contribution in [0.4, 0.5) is 4.39 Å². The molecule has 0 unspecified atom stereocenters. The SMILES string of the molecule is C[C@@H](Cn1cnnn1)Oc1cc(-c2ccn3ncc(-c4cncs4)c3n2)ccc1F. The van der Waals surface area contributed by atoms with E-state index in [0.29, 0.717) is 17.9 Å². The van der Waals surface area contributed by atoms with Gasteiger partial charge >= 0.3 is 0 Å². The summed E-state index contributed by atoms with van der Waals surface area (Å²) in [7, 11) is 0. The highest BCUT2D eigenvalue weighted by molar-refractivity contribution is 7.13. The fraction of sp³-hybridized carbons (Fsp3) is 0.158. The van der Waals surface area contributed by atoms with Crippen molar-refractivity contribution in [1.29, 1.82) is 0 Å². The maximum atomic E-state index is 14.4. The molecule has 150 valence electrons. The predicted octanol–water partition coefficient (Wildman–Crippen LogP) is 3.11. The zero-order valence-corrected chi connectivity index (χ0v) is 16.6. The Morgan fingerprint density at radius 3 is 2.97 bits per heavy atom. The average molecular weight is 422 g/mol. The molecular weight excluding hydrogens is 407 g/mol. The van der Waals surface area contributed by atoms with E-state index < -0.39 is 5.82 Å². The highest BCUT2D eigenvalue weighted by Crippen LogP contribution is 2.30. The minimum atomic E-state index is -0.446. The number of hydrogen-bond acceptors (Lipinski definition) is 8. The van der Waals surface area contributed by atoms with Crippen molar-refractivity contribution < 1.29 is 9.13 Å². The summed E-state index contributed by atoms with van der Waals surface area (Å²) in [6.45, 7) is 2.22. The molecule has 0 saturated heterocycles. The van der Waals surface area contributed by atoms with Crippen molar-refractivity contribution in [3.05, 3.63) is 60.5 Å². The van der Waals surface area contributed by atoms with E-state index >= 15 is 0 Å². The molecule has 5 rings (SSSR count). The number of benzene rings is 1. The number of ether oxygens (including phenoxy) is 1. The summed E-state index contributed by atoms with van der Waals surface area (Å²) in [5.74, 6) is -0.302. The zero-order chi connectivity index (χ0) is 20.5. The van der Waals surface area contributed by atoms with E-state index in [-0.39, 0.29) is 11.9 Å². The summed E-state index contributed by atoms with van der Waals surface area (Å²) in [5.41, 5.74) is 4.79. The van der Waals surface area contributed by atoms with Crippen LogP contribution in [0.25, 0.3) is 27.3 Å². The fourth-order valence-electron chi connectivity index (χ4n) is 3.09. The maximum Gasteiger partial charge on any atom is 0.165 e. The Bertz CT molecular complexity index is 1290. The monoisotopic (exact) mass is 422 g/mol. The lowest BCUT2D eigenvalue weighted by Crippen LogP contribution is -2.20. The molecule has 0 saturated carbocycles. The third kappa shape index (κ3) is 3.50.